The van der Waals surface area contributed by atoms with Crippen molar-refractivity contribution in [2.45, 2.75) is 32.7 Å². The Morgan fingerprint density at radius 3 is 2.72 bits per heavy atom. The molecule has 5 nitrogen and oxygen atoms in total. The molecule has 3 rings (SSSR count). The van der Waals surface area contributed by atoms with E-state index in [2.05, 4.69) is 5.48 Å². The van der Waals surface area contributed by atoms with Crippen LogP contribution < -0.4 is 5.48 Å². The third kappa shape index (κ3) is 3.32. The number of halogens is 2. The van der Waals surface area contributed by atoms with E-state index in [4.69, 9.17) is 28.0 Å². The maximum Gasteiger partial charge on any atom is 0.291 e. The predicted molar refractivity (Wildman–Crippen MR) is 96.5 cm³/mol. The number of hydroxylamine groups is 1. The lowest BCUT2D eigenvalue weighted by atomic mass is 9.93. The minimum Gasteiger partial charge on any atom is -0.335 e. The van der Waals surface area contributed by atoms with Crippen LogP contribution in [0.1, 0.15) is 50.5 Å². The number of hydrogen-bond donors (Lipinski definition) is 1. The molecule has 1 amide bonds. The number of amides is 1. The number of carbonyl (C=O) groups is 2. The largest absolute Gasteiger partial charge is 0.335 e. The van der Waals surface area contributed by atoms with E-state index in [1.807, 2.05) is 10.6 Å². The molecule has 0 saturated carbocycles. The van der Waals surface area contributed by atoms with Crippen LogP contribution in [0, 0.1) is 6.92 Å². The average molecular weight is 381 g/mol. The first kappa shape index (κ1) is 18.0. The Balaban J connectivity index is 2.12. The van der Waals surface area contributed by atoms with Gasteiger partial charge >= 0.3 is 0 Å². The van der Waals surface area contributed by atoms with Crippen molar-refractivity contribution in [3.8, 4) is 0 Å². The Labute approximate surface area is 155 Å². The monoisotopic (exact) mass is 380 g/mol. The van der Waals surface area contributed by atoms with Gasteiger partial charge in [-0.05, 0) is 43.0 Å². The zero-order valence-corrected chi connectivity index (χ0v) is 15.5. The fourth-order valence-electron chi connectivity index (χ4n) is 3.41. The van der Waals surface area contributed by atoms with Gasteiger partial charge in [0.05, 0.1) is 17.2 Å². The molecule has 0 spiro atoms. The molecule has 1 aromatic carbocycles. The number of rotatable bonds is 4. The van der Waals surface area contributed by atoms with Gasteiger partial charge in [0.1, 0.15) is 5.69 Å². The summed E-state index contributed by atoms with van der Waals surface area (Å²) in [5.41, 5.74) is 5.93. The number of nitrogens with one attached hydrogen (secondary N) is 1. The summed E-state index contributed by atoms with van der Waals surface area (Å²) in [6.07, 6.45) is 2.04. The molecule has 0 fully saturated rings. The van der Waals surface area contributed by atoms with Crippen LogP contribution in [0.4, 0.5) is 0 Å². The number of nitrogens with zero attached hydrogens (tertiary/aromatic N) is 1. The molecular formula is C18H18Cl2N2O3. The van der Waals surface area contributed by atoms with Crippen LogP contribution in [-0.4, -0.2) is 23.4 Å². The Hall–Kier alpha value is -1.82. The van der Waals surface area contributed by atoms with Gasteiger partial charge in [-0.1, -0.05) is 29.3 Å². The van der Waals surface area contributed by atoms with Gasteiger partial charge in [0.25, 0.3) is 5.91 Å². The van der Waals surface area contributed by atoms with Crippen molar-refractivity contribution < 1.29 is 14.4 Å². The molecule has 0 bridgehead atoms. The van der Waals surface area contributed by atoms with Crippen molar-refractivity contribution >= 4 is 34.9 Å². The summed E-state index contributed by atoms with van der Waals surface area (Å²) < 4.78 is 1.88. The van der Waals surface area contributed by atoms with Gasteiger partial charge < -0.3 is 4.57 Å². The number of carbonyl (C=O) groups excluding carboxylic acids is 2. The summed E-state index contributed by atoms with van der Waals surface area (Å²) >= 11 is 12.1. The zero-order chi connectivity index (χ0) is 18.1. The molecule has 1 aliphatic carbocycles. The summed E-state index contributed by atoms with van der Waals surface area (Å²) in [6.45, 7) is 2.23. The molecule has 1 aliphatic rings. The van der Waals surface area contributed by atoms with Crippen molar-refractivity contribution in [2.24, 2.45) is 0 Å². The second-order valence-electron chi connectivity index (χ2n) is 6.04. The van der Waals surface area contributed by atoms with Gasteiger partial charge in [0.15, 0.2) is 5.78 Å². The first-order valence-electron chi connectivity index (χ1n) is 7.96. The standard InChI is InChI=1S/C18H18Cl2N2O3/c1-10-16-14(4-3-5-15(16)23)22(17(10)18(24)21-25-2)9-11-6-7-12(19)13(20)8-11/h6-8H,3-5,9H2,1-2H3,(H,21,24). The normalized spacial score (nSPS) is 13.7. The van der Waals surface area contributed by atoms with Crippen LogP contribution >= 0.6 is 23.2 Å². The molecule has 7 heteroatoms. The van der Waals surface area contributed by atoms with Gasteiger partial charge in [0.2, 0.25) is 0 Å². The zero-order valence-electron chi connectivity index (χ0n) is 14.0. The van der Waals surface area contributed by atoms with Crippen molar-refractivity contribution in [1.29, 1.82) is 0 Å². The Bertz CT molecular complexity index is 858. The van der Waals surface area contributed by atoms with E-state index in [0.29, 0.717) is 39.8 Å². The molecule has 2 aromatic rings. The van der Waals surface area contributed by atoms with E-state index in [9.17, 15) is 9.59 Å². The summed E-state index contributed by atoms with van der Waals surface area (Å²) in [7, 11) is 1.38. The highest BCUT2D eigenvalue weighted by Crippen LogP contribution is 2.31. The summed E-state index contributed by atoms with van der Waals surface area (Å²) in [5, 5.41) is 0.930. The van der Waals surface area contributed by atoms with E-state index >= 15 is 0 Å². The molecule has 1 heterocycles. The number of aromatic nitrogens is 1. The molecule has 25 heavy (non-hydrogen) atoms. The second kappa shape index (κ2) is 7.20. The van der Waals surface area contributed by atoms with E-state index in [0.717, 1.165) is 24.1 Å². The van der Waals surface area contributed by atoms with Gasteiger partial charge in [-0.2, -0.15) is 0 Å². The minimum absolute atomic E-state index is 0.0816. The van der Waals surface area contributed by atoms with Crippen molar-refractivity contribution in [1.82, 2.24) is 10.0 Å². The highest BCUT2D eigenvalue weighted by molar-refractivity contribution is 6.42. The van der Waals surface area contributed by atoms with E-state index in [-0.39, 0.29) is 11.7 Å². The topological polar surface area (TPSA) is 60.3 Å². The average Bonchev–Trinajstić information content (AvgIpc) is 2.85. The highest BCUT2D eigenvalue weighted by Gasteiger charge is 2.30. The van der Waals surface area contributed by atoms with E-state index in [1.54, 1.807) is 19.1 Å². The van der Waals surface area contributed by atoms with Crippen LogP contribution in [0.2, 0.25) is 10.0 Å². The molecule has 132 valence electrons. The fraction of sp³-hybridized carbons (Fsp3) is 0.333. The maximum atomic E-state index is 12.5. The molecule has 0 aliphatic heterocycles. The van der Waals surface area contributed by atoms with Crippen molar-refractivity contribution in [3.05, 3.63) is 56.3 Å². The number of hydrogen-bond acceptors (Lipinski definition) is 3. The molecule has 1 aromatic heterocycles. The Morgan fingerprint density at radius 1 is 1.28 bits per heavy atom. The van der Waals surface area contributed by atoms with Crippen molar-refractivity contribution in [2.75, 3.05) is 7.11 Å². The smallest absolute Gasteiger partial charge is 0.291 e. The van der Waals surface area contributed by atoms with Crippen LogP contribution in [0.15, 0.2) is 18.2 Å². The van der Waals surface area contributed by atoms with Crippen LogP contribution in [0.5, 0.6) is 0 Å². The van der Waals surface area contributed by atoms with Gasteiger partial charge in [-0.3, -0.25) is 14.4 Å². The first-order chi connectivity index (χ1) is 11.9. The highest BCUT2D eigenvalue weighted by atomic mass is 35.5. The van der Waals surface area contributed by atoms with Crippen molar-refractivity contribution in [3.63, 3.8) is 0 Å². The quantitative estimate of drug-likeness (QED) is 0.816. The molecule has 0 atom stereocenters. The molecule has 0 radical (unpaired) electrons. The lowest BCUT2D eigenvalue weighted by Crippen LogP contribution is -2.26. The lowest BCUT2D eigenvalue weighted by molar-refractivity contribution is 0.0527. The van der Waals surface area contributed by atoms with Crippen LogP contribution in [0.25, 0.3) is 0 Å². The number of Topliss-reactive ketones (excluding diaryl/α,β-unsaturated/α-hetero) is 1. The predicted octanol–water partition coefficient (Wildman–Crippen LogP) is 3.96. The molecule has 1 N–H and O–H groups in total. The summed E-state index contributed by atoms with van der Waals surface area (Å²) in [5.74, 6) is -0.291. The second-order valence-corrected chi connectivity index (χ2v) is 6.86. The Morgan fingerprint density at radius 2 is 2.04 bits per heavy atom. The Kier molecular flexibility index (Phi) is 5.18. The van der Waals surface area contributed by atoms with E-state index in [1.165, 1.54) is 7.11 Å². The number of ketones is 1. The number of benzene rings is 1. The van der Waals surface area contributed by atoms with Gasteiger partial charge in [-0.25, -0.2) is 5.48 Å². The van der Waals surface area contributed by atoms with Gasteiger partial charge in [-0.15, -0.1) is 0 Å². The SMILES string of the molecule is CONC(=O)c1c(C)c2c(n1Cc1ccc(Cl)c(Cl)c1)CCCC2=O. The summed E-state index contributed by atoms with van der Waals surface area (Å²) in [6, 6.07) is 5.36. The third-order valence-electron chi connectivity index (χ3n) is 4.45. The molecular weight excluding hydrogens is 363 g/mol. The maximum absolute atomic E-state index is 12.5. The minimum atomic E-state index is -0.373. The fourth-order valence-corrected chi connectivity index (χ4v) is 3.73. The van der Waals surface area contributed by atoms with Crippen LogP contribution in [0.3, 0.4) is 0 Å². The van der Waals surface area contributed by atoms with E-state index < -0.39 is 0 Å². The number of fused-ring (bicyclic) bond motifs is 1. The van der Waals surface area contributed by atoms with Crippen LogP contribution in [-0.2, 0) is 17.8 Å². The molecule has 0 saturated heterocycles. The summed E-state index contributed by atoms with van der Waals surface area (Å²) in [4.78, 5) is 29.7. The molecule has 0 unspecified atom stereocenters. The third-order valence-corrected chi connectivity index (χ3v) is 5.18. The van der Waals surface area contributed by atoms with Gasteiger partial charge in [0, 0.05) is 24.2 Å². The lowest BCUT2D eigenvalue weighted by Gasteiger charge is -2.17. The first-order valence-corrected chi connectivity index (χ1v) is 8.72.